The number of ketones is 1. The van der Waals surface area contributed by atoms with Gasteiger partial charge in [0.1, 0.15) is 17.3 Å². The van der Waals surface area contributed by atoms with Crippen LogP contribution in [0.4, 0.5) is 0 Å². The average Bonchev–Trinajstić information content (AvgIpc) is 2.64. The molecule has 0 aromatic heterocycles. The Labute approximate surface area is 95.4 Å². The van der Waals surface area contributed by atoms with Gasteiger partial charge in [0.2, 0.25) is 0 Å². The van der Waals surface area contributed by atoms with Crippen LogP contribution >= 0.6 is 0 Å². The molecule has 0 saturated carbocycles. The lowest BCUT2D eigenvalue weighted by molar-refractivity contribution is -0.116. The molecular formula is C13H16O3. The normalized spacial score (nSPS) is 13.1. The highest BCUT2D eigenvalue weighted by Gasteiger charge is 2.17. The summed E-state index contributed by atoms with van der Waals surface area (Å²) >= 11 is 0. The lowest BCUT2D eigenvalue weighted by Gasteiger charge is -2.11. The number of carbonyl (C=O) groups excluding carboxylic acids is 1. The maximum Gasteiger partial charge on any atom is 0.134 e. The van der Waals surface area contributed by atoms with Crippen molar-refractivity contribution in [2.24, 2.45) is 0 Å². The zero-order chi connectivity index (χ0) is 11.5. The summed E-state index contributed by atoms with van der Waals surface area (Å²) in [5, 5.41) is 0. The second-order valence-corrected chi connectivity index (χ2v) is 3.98. The van der Waals surface area contributed by atoms with Crippen LogP contribution < -0.4 is 9.47 Å². The smallest absolute Gasteiger partial charge is 0.134 e. The van der Waals surface area contributed by atoms with Crippen LogP contribution in [0.2, 0.25) is 0 Å². The fourth-order valence-electron chi connectivity index (χ4n) is 1.94. The number of ether oxygens (including phenoxy) is 2. The minimum absolute atomic E-state index is 0.138. The van der Waals surface area contributed by atoms with Crippen LogP contribution in [-0.2, 0) is 17.6 Å². The molecule has 3 heteroatoms. The third-order valence-electron chi connectivity index (χ3n) is 2.61. The van der Waals surface area contributed by atoms with E-state index in [1.165, 1.54) is 5.56 Å². The van der Waals surface area contributed by atoms with Crippen LogP contribution in [0.25, 0.3) is 0 Å². The Hall–Kier alpha value is -1.51. The highest BCUT2D eigenvalue weighted by atomic mass is 16.5. The first-order chi connectivity index (χ1) is 7.70. The van der Waals surface area contributed by atoms with E-state index >= 15 is 0 Å². The van der Waals surface area contributed by atoms with Crippen LogP contribution in [0, 0.1) is 0 Å². The van der Waals surface area contributed by atoms with Gasteiger partial charge >= 0.3 is 0 Å². The molecule has 0 spiro atoms. The van der Waals surface area contributed by atoms with Gasteiger partial charge in [-0.2, -0.15) is 0 Å². The van der Waals surface area contributed by atoms with Crippen molar-refractivity contribution in [2.75, 3.05) is 13.2 Å². The Balaban J connectivity index is 2.36. The summed E-state index contributed by atoms with van der Waals surface area (Å²) in [7, 11) is 0. The van der Waals surface area contributed by atoms with E-state index in [2.05, 4.69) is 0 Å². The minimum atomic E-state index is 0.138. The van der Waals surface area contributed by atoms with E-state index in [1.807, 2.05) is 19.1 Å². The summed E-state index contributed by atoms with van der Waals surface area (Å²) in [6.45, 7) is 4.88. The summed E-state index contributed by atoms with van der Waals surface area (Å²) in [5.74, 6) is 1.86. The van der Waals surface area contributed by atoms with Crippen LogP contribution in [0.5, 0.6) is 11.5 Å². The molecule has 16 heavy (non-hydrogen) atoms. The number of rotatable bonds is 4. The molecule has 0 amide bonds. The molecule has 0 radical (unpaired) electrons. The molecule has 2 rings (SSSR count). The number of benzene rings is 1. The van der Waals surface area contributed by atoms with Crippen molar-refractivity contribution >= 4 is 5.78 Å². The summed E-state index contributed by atoms with van der Waals surface area (Å²) in [6, 6.07) is 3.94. The fraction of sp³-hybridized carbons (Fsp3) is 0.462. The average molecular weight is 220 g/mol. The third-order valence-corrected chi connectivity index (χ3v) is 2.61. The van der Waals surface area contributed by atoms with E-state index in [-0.39, 0.29) is 5.78 Å². The van der Waals surface area contributed by atoms with Gasteiger partial charge < -0.3 is 9.47 Å². The highest BCUT2D eigenvalue weighted by molar-refractivity contribution is 5.79. The summed E-state index contributed by atoms with van der Waals surface area (Å²) in [4.78, 5) is 11.2. The van der Waals surface area contributed by atoms with E-state index < -0.39 is 0 Å². The van der Waals surface area contributed by atoms with Gasteiger partial charge in [-0.25, -0.2) is 0 Å². The third kappa shape index (κ3) is 2.18. The fourth-order valence-corrected chi connectivity index (χ4v) is 1.94. The molecule has 0 fully saturated rings. The zero-order valence-corrected chi connectivity index (χ0v) is 9.71. The largest absolute Gasteiger partial charge is 0.494 e. The summed E-state index contributed by atoms with van der Waals surface area (Å²) in [6.07, 6.45) is 1.34. The van der Waals surface area contributed by atoms with E-state index in [1.54, 1.807) is 6.92 Å². The summed E-state index contributed by atoms with van der Waals surface area (Å²) < 4.78 is 11.0. The first-order valence-corrected chi connectivity index (χ1v) is 5.61. The molecule has 0 saturated heterocycles. The number of carbonyl (C=O) groups is 1. The zero-order valence-electron chi connectivity index (χ0n) is 9.71. The predicted molar refractivity (Wildman–Crippen MR) is 61.2 cm³/mol. The molecule has 1 aromatic carbocycles. The van der Waals surface area contributed by atoms with Crippen LogP contribution in [0.3, 0.4) is 0 Å². The van der Waals surface area contributed by atoms with Gasteiger partial charge in [0.05, 0.1) is 13.2 Å². The topological polar surface area (TPSA) is 35.5 Å². The minimum Gasteiger partial charge on any atom is -0.494 e. The maximum atomic E-state index is 11.2. The summed E-state index contributed by atoms with van der Waals surface area (Å²) in [5.41, 5.74) is 2.10. The van der Waals surface area contributed by atoms with E-state index in [4.69, 9.17) is 9.47 Å². The Morgan fingerprint density at radius 1 is 1.50 bits per heavy atom. The first kappa shape index (κ1) is 11.0. The number of hydrogen-bond donors (Lipinski definition) is 0. The van der Waals surface area contributed by atoms with E-state index in [0.29, 0.717) is 13.0 Å². The first-order valence-electron chi connectivity index (χ1n) is 5.61. The Bertz CT molecular complexity index is 410. The van der Waals surface area contributed by atoms with Crippen molar-refractivity contribution in [3.8, 4) is 11.5 Å². The van der Waals surface area contributed by atoms with Gasteiger partial charge in [-0.05, 0) is 26.0 Å². The van der Waals surface area contributed by atoms with Gasteiger partial charge in [0.15, 0.2) is 0 Å². The van der Waals surface area contributed by atoms with Crippen molar-refractivity contribution in [3.05, 3.63) is 23.3 Å². The van der Waals surface area contributed by atoms with Gasteiger partial charge in [-0.1, -0.05) is 0 Å². The maximum absolute atomic E-state index is 11.2. The highest BCUT2D eigenvalue weighted by Crippen LogP contribution is 2.33. The Morgan fingerprint density at radius 3 is 3.00 bits per heavy atom. The molecule has 0 atom stereocenters. The Kier molecular flexibility index (Phi) is 3.13. The molecule has 0 aliphatic carbocycles. The van der Waals surface area contributed by atoms with Crippen molar-refractivity contribution in [2.45, 2.75) is 26.7 Å². The SMILES string of the molecule is CCOc1cc2c(cc1CC(C)=O)OCC2. The van der Waals surface area contributed by atoms with Crippen molar-refractivity contribution < 1.29 is 14.3 Å². The Morgan fingerprint density at radius 2 is 2.31 bits per heavy atom. The van der Waals surface area contributed by atoms with Gasteiger partial charge in [-0.3, -0.25) is 4.79 Å². The van der Waals surface area contributed by atoms with Crippen LogP contribution in [0.1, 0.15) is 25.0 Å². The molecule has 0 bridgehead atoms. The van der Waals surface area contributed by atoms with Crippen molar-refractivity contribution in [1.29, 1.82) is 0 Å². The van der Waals surface area contributed by atoms with Crippen molar-refractivity contribution in [3.63, 3.8) is 0 Å². The molecule has 1 aliphatic heterocycles. The lowest BCUT2D eigenvalue weighted by Crippen LogP contribution is -2.02. The number of Topliss-reactive ketones (excluding diaryl/α,β-unsaturated/α-hetero) is 1. The monoisotopic (exact) mass is 220 g/mol. The molecule has 0 unspecified atom stereocenters. The molecule has 86 valence electrons. The second kappa shape index (κ2) is 4.56. The molecule has 1 heterocycles. The number of hydrogen-bond acceptors (Lipinski definition) is 3. The second-order valence-electron chi connectivity index (χ2n) is 3.98. The van der Waals surface area contributed by atoms with E-state index in [9.17, 15) is 4.79 Å². The number of fused-ring (bicyclic) bond motifs is 1. The molecular weight excluding hydrogens is 204 g/mol. The van der Waals surface area contributed by atoms with E-state index in [0.717, 1.165) is 30.1 Å². The van der Waals surface area contributed by atoms with Gasteiger partial charge in [-0.15, -0.1) is 0 Å². The quantitative estimate of drug-likeness (QED) is 0.780. The molecule has 1 aromatic rings. The van der Waals surface area contributed by atoms with Gasteiger partial charge in [0, 0.05) is 24.0 Å². The molecule has 0 N–H and O–H groups in total. The van der Waals surface area contributed by atoms with Crippen molar-refractivity contribution in [1.82, 2.24) is 0 Å². The molecule has 3 nitrogen and oxygen atoms in total. The van der Waals surface area contributed by atoms with Crippen LogP contribution in [0.15, 0.2) is 12.1 Å². The van der Waals surface area contributed by atoms with Crippen LogP contribution in [-0.4, -0.2) is 19.0 Å². The lowest BCUT2D eigenvalue weighted by atomic mass is 10.0. The molecule has 1 aliphatic rings. The standard InChI is InChI=1S/C13H16O3/c1-3-15-13-7-10-4-5-16-12(10)8-11(13)6-9(2)14/h7-8H,3-6H2,1-2H3. The van der Waals surface area contributed by atoms with Gasteiger partial charge in [0.25, 0.3) is 0 Å². The predicted octanol–water partition coefficient (Wildman–Crippen LogP) is 2.15.